The molecule has 0 heterocycles. The van der Waals surface area contributed by atoms with Crippen molar-refractivity contribution in [1.29, 1.82) is 0 Å². The molecule has 5 nitrogen and oxygen atoms in total. The van der Waals surface area contributed by atoms with Crippen LogP contribution in [-0.4, -0.2) is 56.1 Å². The number of hydrogen-bond acceptors (Lipinski definition) is 4. The lowest BCUT2D eigenvalue weighted by atomic mass is 10.1. The highest BCUT2D eigenvalue weighted by Gasteiger charge is 2.20. The quantitative estimate of drug-likeness (QED) is 0.348. The van der Waals surface area contributed by atoms with Crippen LogP contribution in [0.15, 0.2) is 37.0 Å². The molecule has 0 aromatic heterocycles. The van der Waals surface area contributed by atoms with E-state index in [1.54, 1.807) is 18.1 Å². The van der Waals surface area contributed by atoms with Gasteiger partial charge in [-0.25, -0.2) is 4.79 Å². The third-order valence-corrected chi connectivity index (χ3v) is 3.56. The van der Waals surface area contributed by atoms with E-state index in [2.05, 4.69) is 26.2 Å². The topological polar surface area (TPSA) is 48.0 Å². The van der Waals surface area contributed by atoms with Crippen molar-refractivity contribution in [2.75, 3.05) is 33.4 Å². The van der Waals surface area contributed by atoms with Gasteiger partial charge in [-0.2, -0.15) is 0 Å². The lowest BCUT2D eigenvalue weighted by Crippen LogP contribution is -2.37. The summed E-state index contributed by atoms with van der Waals surface area (Å²) in [5, 5.41) is 0. The van der Waals surface area contributed by atoms with Gasteiger partial charge < -0.3 is 19.1 Å². The van der Waals surface area contributed by atoms with Crippen molar-refractivity contribution in [1.82, 2.24) is 4.90 Å². The molecule has 0 spiro atoms. The number of carbonyl (C=O) groups is 1. The molecule has 0 saturated heterocycles. The molecular formula is C21H37NO4. The maximum absolute atomic E-state index is 12.1. The maximum Gasteiger partial charge on any atom is 0.410 e. The zero-order chi connectivity index (χ0) is 20.0. The van der Waals surface area contributed by atoms with Crippen LogP contribution in [0.3, 0.4) is 0 Å². The van der Waals surface area contributed by atoms with Crippen LogP contribution in [0.1, 0.15) is 47.0 Å². The van der Waals surface area contributed by atoms with Crippen LogP contribution in [0.25, 0.3) is 0 Å². The Kier molecular flexibility index (Phi) is 12.8. The number of amides is 1. The average molecular weight is 368 g/mol. The number of hydrogen-bond donors (Lipinski definition) is 0. The van der Waals surface area contributed by atoms with Crippen molar-refractivity contribution in [3.8, 4) is 0 Å². The minimum absolute atomic E-state index is 0.101. The highest BCUT2D eigenvalue weighted by molar-refractivity contribution is 5.68. The SMILES string of the molecule is C=CCN(CCCOC/C(C)=C\CCC(C=C)OC)C(=O)OC(C)(C)C. The summed E-state index contributed by atoms with van der Waals surface area (Å²) in [6, 6.07) is 0. The summed E-state index contributed by atoms with van der Waals surface area (Å²) in [6.07, 6.45) is 8.08. The molecule has 0 radical (unpaired) electrons. The average Bonchev–Trinajstić information content (AvgIpc) is 2.56. The van der Waals surface area contributed by atoms with Crippen molar-refractivity contribution in [3.63, 3.8) is 0 Å². The van der Waals surface area contributed by atoms with Crippen molar-refractivity contribution >= 4 is 6.09 Å². The van der Waals surface area contributed by atoms with Crippen molar-refractivity contribution in [2.24, 2.45) is 0 Å². The Labute approximate surface area is 159 Å². The summed E-state index contributed by atoms with van der Waals surface area (Å²) < 4.78 is 16.4. The van der Waals surface area contributed by atoms with Crippen LogP contribution in [0.2, 0.25) is 0 Å². The lowest BCUT2D eigenvalue weighted by Gasteiger charge is -2.26. The Morgan fingerprint density at radius 3 is 2.50 bits per heavy atom. The molecule has 26 heavy (non-hydrogen) atoms. The van der Waals surface area contributed by atoms with Gasteiger partial charge in [0.05, 0.1) is 12.7 Å². The van der Waals surface area contributed by atoms with Gasteiger partial charge in [0, 0.05) is 26.8 Å². The van der Waals surface area contributed by atoms with Crippen LogP contribution >= 0.6 is 0 Å². The molecule has 150 valence electrons. The molecule has 1 unspecified atom stereocenters. The van der Waals surface area contributed by atoms with Gasteiger partial charge in [0.2, 0.25) is 0 Å². The molecule has 0 bridgehead atoms. The minimum atomic E-state index is -0.498. The summed E-state index contributed by atoms with van der Waals surface area (Å²) in [5.74, 6) is 0. The summed E-state index contributed by atoms with van der Waals surface area (Å²) >= 11 is 0. The highest BCUT2D eigenvalue weighted by atomic mass is 16.6. The van der Waals surface area contributed by atoms with E-state index in [0.29, 0.717) is 26.3 Å². The van der Waals surface area contributed by atoms with Crippen LogP contribution in [0.5, 0.6) is 0 Å². The number of ether oxygens (including phenoxy) is 3. The largest absolute Gasteiger partial charge is 0.444 e. The molecule has 1 amide bonds. The van der Waals surface area contributed by atoms with Gasteiger partial charge in [0.1, 0.15) is 5.60 Å². The Hall–Kier alpha value is -1.59. The van der Waals surface area contributed by atoms with E-state index < -0.39 is 5.60 Å². The van der Waals surface area contributed by atoms with Crippen molar-refractivity contribution < 1.29 is 19.0 Å². The Balaban J connectivity index is 4.08. The third-order valence-electron chi connectivity index (χ3n) is 3.56. The van der Waals surface area contributed by atoms with Crippen molar-refractivity contribution in [2.45, 2.75) is 58.7 Å². The first-order chi connectivity index (χ1) is 12.2. The summed E-state index contributed by atoms with van der Waals surface area (Å²) in [5.41, 5.74) is 0.696. The van der Waals surface area contributed by atoms with Gasteiger partial charge >= 0.3 is 6.09 Å². The number of carbonyl (C=O) groups excluding carboxylic acids is 1. The second kappa shape index (κ2) is 13.6. The molecular weight excluding hydrogens is 330 g/mol. The highest BCUT2D eigenvalue weighted by Crippen LogP contribution is 2.10. The predicted octanol–water partition coefficient (Wildman–Crippen LogP) is 4.74. The third kappa shape index (κ3) is 12.7. The Bertz CT molecular complexity index is 451. The van der Waals surface area contributed by atoms with Gasteiger partial charge in [-0.05, 0) is 47.0 Å². The van der Waals surface area contributed by atoms with Gasteiger partial charge in [0.25, 0.3) is 0 Å². The zero-order valence-electron chi connectivity index (χ0n) is 17.3. The molecule has 0 aliphatic carbocycles. The Morgan fingerprint density at radius 1 is 1.27 bits per heavy atom. The molecule has 0 rings (SSSR count). The molecule has 0 saturated carbocycles. The molecule has 0 aromatic carbocycles. The van der Waals surface area contributed by atoms with Gasteiger partial charge in [0.15, 0.2) is 0 Å². The molecule has 5 heteroatoms. The number of rotatable bonds is 13. The van der Waals surface area contributed by atoms with E-state index in [9.17, 15) is 4.79 Å². The number of nitrogens with zero attached hydrogens (tertiary/aromatic N) is 1. The summed E-state index contributed by atoms with van der Waals surface area (Å²) in [7, 11) is 1.69. The fourth-order valence-electron chi connectivity index (χ4n) is 2.21. The van der Waals surface area contributed by atoms with Crippen LogP contribution in [-0.2, 0) is 14.2 Å². The first-order valence-electron chi connectivity index (χ1n) is 9.21. The van der Waals surface area contributed by atoms with Gasteiger partial charge in [-0.3, -0.25) is 0 Å². The summed E-state index contributed by atoms with van der Waals surface area (Å²) in [4.78, 5) is 13.8. The van der Waals surface area contributed by atoms with Crippen LogP contribution < -0.4 is 0 Å². The lowest BCUT2D eigenvalue weighted by molar-refractivity contribution is 0.0254. The molecule has 0 fully saturated rings. The van der Waals surface area contributed by atoms with E-state index in [-0.39, 0.29) is 12.2 Å². The number of methoxy groups -OCH3 is 1. The monoisotopic (exact) mass is 367 g/mol. The summed E-state index contributed by atoms with van der Waals surface area (Å²) in [6.45, 7) is 17.3. The molecule has 0 aliphatic heterocycles. The van der Waals surface area contributed by atoms with E-state index >= 15 is 0 Å². The van der Waals surface area contributed by atoms with E-state index in [1.807, 2.05) is 26.8 Å². The van der Waals surface area contributed by atoms with E-state index in [4.69, 9.17) is 14.2 Å². The maximum atomic E-state index is 12.1. The van der Waals surface area contributed by atoms with Crippen molar-refractivity contribution in [3.05, 3.63) is 37.0 Å². The number of allylic oxidation sites excluding steroid dienone is 1. The minimum Gasteiger partial charge on any atom is -0.444 e. The van der Waals surface area contributed by atoms with Crippen LogP contribution in [0.4, 0.5) is 4.79 Å². The zero-order valence-corrected chi connectivity index (χ0v) is 17.3. The van der Waals surface area contributed by atoms with Gasteiger partial charge in [-0.1, -0.05) is 23.8 Å². The first kappa shape index (κ1) is 24.4. The Morgan fingerprint density at radius 2 is 1.96 bits per heavy atom. The smallest absolute Gasteiger partial charge is 0.410 e. The molecule has 0 aliphatic rings. The van der Waals surface area contributed by atoms with Gasteiger partial charge in [-0.15, -0.1) is 13.2 Å². The predicted molar refractivity (Wildman–Crippen MR) is 107 cm³/mol. The standard InChI is InChI=1S/C21H37NO4/c1-8-14-22(20(23)26-21(4,5)6)15-11-16-25-17-18(3)12-10-13-19(9-2)24-7/h8-9,12,19H,1-2,10-11,13-17H2,3-7H3/b18-12-. The second-order valence-electron chi connectivity index (χ2n) is 7.26. The fraction of sp³-hybridized carbons (Fsp3) is 0.667. The first-order valence-corrected chi connectivity index (χ1v) is 9.21. The molecule has 0 aromatic rings. The normalized spacial score (nSPS) is 13.2. The van der Waals surface area contributed by atoms with E-state index in [0.717, 1.165) is 19.3 Å². The molecule has 1 atom stereocenters. The second-order valence-corrected chi connectivity index (χ2v) is 7.26. The van der Waals surface area contributed by atoms with Crippen LogP contribution in [0, 0.1) is 0 Å². The van der Waals surface area contributed by atoms with E-state index in [1.165, 1.54) is 5.57 Å². The molecule has 0 N–H and O–H groups in total. The fourth-order valence-corrected chi connectivity index (χ4v) is 2.21.